The molecule has 11 heteroatoms. The van der Waals surface area contributed by atoms with Crippen LogP contribution in [0.2, 0.25) is 0 Å². The lowest BCUT2D eigenvalue weighted by Gasteiger charge is -2.19. The van der Waals surface area contributed by atoms with Crippen LogP contribution in [-0.4, -0.2) is 39.3 Å². The molecule has 1 atom stereocenters. The quantitative estimate of drug-likeness (QED) is 0.344. The van der Waals surface area contributed by atoms with E-state index in [4.69, 9.17) is 13.7 Å². The molecule has 5 heterocycles. The fourth-order valence-electron chi connectivity index (χ4n) is 3.39. The summed E-state index contributed by atoms with van der Waals surface area (Å²) in [6.07, 6.45) is 2.33. The Morgan fingerprint density at radius 3 is 2.91 bits per heavy atom. The third kappa shape index (κ3) is 4.78. The Morgan fingerprint density at radius 1 is 1.21 bits per heavy atom. The van der Waals surface area contributed by atoms with Crippen molar-refractivity contribution in [2.24, 2.45) is 5.10 Å². The van der Waals surface area contributed by atoms with Gasteiger partial charge in [0.15, 0.2) is 6.61 Å². The molecular formula is C22H18N4O5S2. The van der Waals surface area contributed by atoms with E-state index in [1.807, 2.05) is 34.3 Å². The predicted molar refractivity (Wildman–Crippen MR) is 121 cm³/mol. The third-order valence-electron chi connectivity index (χ3n) is 4.99. The van der Waals surface area contributed by atoms with E-state index < -0.39 is 18.5 Å². The van der Waals surface area contributed by atoms with Crippen LogP contribution in [0.5, 0.6) is 0 Å². The number of thiophene rings is 2. The molecule has 0 N–H and O–H groups in total. The Kier molecular flexibility index (Phi) is 6.13. The number of hydrogen-bond donors (Lipinski definition) is 0. The first-order valence-corrected chi connectivity index (χ1v) is 12.0. The van der Waals surface area contributed by atoms with E-state index >= 15 is 0 Å². The molecule has 1 aliphatic heterocycles. The fraction of sp³-hybridized carbons (Fsp3) is 0.227. The number of carbonyl (C=O) groups is 2. The number of aryl methyl sites for hydroxylation is 1. The van der Waals surface area contributed by atoms with Gasteiger partial charge in [0, 0.05) is 23.8 Å². The average Bonchev–Trinajstić information content (AvgIpc) is 3.63. The molecule has 1 amide bonds. The standard InChI is InChI=1S/C22H18N4O5S2/c27-20(12-30-21(28)6-5-19-23-22(25-31-19)14-7-10-32-13-14)26-16(17-3-1-8-29-17)11-15(24-26)18-4-2-9-33-18/h1-4,7-10,13,16H,5-6,11-12H2. The third-order valence-corrected chi connectivity index (χ3v) is 6.59. The highest BCUT2D eigenvalue weighted by Gasteiger charge is 2.35. The summed E-state index contributed by atoms with van der Waals surface area (Å²) in [5, 5.41) is 15.5. The van der Waals surface area contributed by atoms with Gasteiger partial charge >= 0.3 is 5.97 Å². The van der Waals surface area contributed by atoms with Gasteiger partial charge in [0.05, 0.1) is 23.3 Å². The van der Waals surface area contributed by atoms with Crippen molar-refractivity contribution < 1.29 is 23.3 Å². The van der Waals surface area contributed by atoms with Crippen LogP contribution in [-0.2, 0) is 20.7 Å². The fourth-order valence-corrected chi connectivity index (χ4v) is 4.74. The number of hydrazone groups is 1. The first kappa shape index (κ1) is 21.3. The zero-order chi connectivity index (χ0) is 22.6. The predicted octanol–water partition coefficient (Wildman–Crippen LogP) is 4.31. The number of carbonyl (C=O) groups excluding carboxylic acids is 2. The van der Waals surface area contributed by atoms with E-state index in [1.54, 1.807) is 29.7 Å². The van der Waals surface area contributed by atoms with Gasteiger partial charge in [-0.3, -0.25) is 9.59 Å². The number of hydrogen-bond acceptors (Lipinski definition) is 10. The van der Waals surface area contributed by atoms with E-state index in [-0.39, 0.29) is 18.9 Å². The summed E-state index contributed by atoms with van der Waals surface area (Å²) in [6.45, 7) is -0.415. The molecule has 0 saturated heterocycles. The molecule has 5 rings (SSSR count). The molecule has 0 aliphatic carbocycles. The Hall–Kier alpha value is -3.57. The second kappa shape index (κ2) is 9.51. The molecule has 0 spiro atoms. The van der Waals surface area contributed by atoms with Gasteiger partial charge in [-0.15, -0.1) is 11.3 Å². The van der Waals surface area contributed by atoms with E-state index in [0.717, 1.165) is 16.2 Å². The number of nitrogens with zero attached hydrogens (tertiary/aromatic N) is 4. The van der Waals surface area contributed by atoms with Crippen molar-refractivity contribution in [2.45, 2.75) is 25.3 Å². The molecule has 0 aromatic carbocycles. The number of ether oxygens (including phenoxy) is 1. The SMILES string of the molecule is O=C(CCc1nc(-c2ccsc2)no1)OCC(=O)N1N=C(c2cccs2)CC1c1ccco1. The van der Waals surface area contributed by atoms with Crippen LogP contribution in [0.15, 0.2) is 66.8 Å². The summed E-state index contributed by atoms with van der Waals surface area (Å²) >= 11 is 3.09. The lowest BCUT2D eigenvalue weighted by molar-refractivity contribution is -0.153. The van der Waals surface area contributed by atoms with Crippen molar-refractivity contribution in [1.29, 1.82) is 0 Å². The highest BCUT2D eigenvalue weighted by molar-refractivity contribution is 7.12. The van der Waals surface area contributed by atoms with Gasteiger partial charge in [0.1, 0.15) is 11.8 Å². The maximum atomic E-state index is 12.8. The van der Waals surface area contributed by atoms with Crippen molar-refractivity contribution in [3.63, 3.8) is 0 Å². The van der Waals surface area contributed by atoms with E-state index in [9.17, 15) is 9.59 Å². The summed E-state index contributed by atoms with van der Waals surface area (Å²) in [5.41, 5.74) is 1.66. The maximum absolute atomic E-state index is 12.8. The van der Waals surface area contributed by atoms with Crippen molar-refractivity contribution in [1.82, 2.24) is 15.1 Å². The number of aromatic nitrogens is 2. The molecule has 4 aromatic heterocycles. The van der Waals surface area contributed by atoms with E-state index in [2.05, 4.69) is 15.2 Å². The molecule has 1 aliphatic rings. The van der Waals surface area contributed by atoms with Crippen LogP contribution < -0.4 is 0 Å². The van der Waals surface area contributed by atoms with Crippen LogP contribution in [0.4, 0.5) is 0 Å². The van der Waals surface area contributed by atoms with Gasteiger partial charge in [-0.25, -0.2) is 5.01 Å². The lowest BCUT2D eigenvalue weighted by atomic mass is 10.1. The van der Waals surface area contributed by atoms with Gasteiger partial charge < -0.3 is 13.7 Å². The minimum atomic E-state index is -0.533. The lowest BCUT2D eigenvalue weighted by Crippen LogP contribution is -2.31. The van der Waals surface area contributed by atoms with Crippen LogP contribution in [0.25, 0.3) is 11.4 Å². The van der Waals surface area contributed by atoms with Crippen LogP contribution >= 0.6 is 22.7 Å². The van der Waals surface area contributed by atoms with Crippen molar-refractivity contribution in [3.8, 4) is 11.4 Å². The maximum Gasteiger partial charge on any atom is 0.306 e. The van der Waals surface area contributed by atoms with Crippen LogP contribution in [0.1, 0.15) is 35.4 Å². The minimum absolute atomic E-state index is 0.0177. The molecule has 1 unspecified atom stereocenters. The highest BCUT2D eigenvalue weighted by atomic mass is 32.1. The smallest absolute Gasteiger partial charge is 0.306 e. The molecule has 4 aromatic rings. The molecule has 0 radical (unpaired) electrons. The average molecular weight is 483 g/mol. The van der Waals surface area contributed by atoms with E-state index in [0.29, 0.717) is 23.9 Å². The molecule has 0 bridgehead atoms. The number of amides is 1. The Bertz CT molecular complexity index is 1250. The zero-order valence-corrected chi connectivity index (χ0v) is 18.9. The van der Waals surface area contributed by atoms with Gasteiger partial charge in [0.25, 0.3) is 5.91 Å². The summed E-state index contributed by atoms with van der Waals surface area (Å²) < 4.78 is 15.9. The Labute approximate surface area is 196 Å². The highest BCUT2D eigenvalue weighted by Crippen LogP contribution is 2.34. The second-order valence-corrected chi connectivity index (χ2v) is 8.91. The summed E-state index contributed by atoms with van der Waals surface area (Å²) in [7, 11) is 0. The van der Waals surface area contributed by atoms with Crippen LogP contribution in [0, 0.1) is 0 Å². The van der Waals surface area contributed by atoms with Gasteiger partial charge in [-0.05, 0) is 35.0 Å². The minimum Gasteiger partial charge on any atom is -0.467 e. The topological polar surface area (TPSA) is 111 Å². The van der Waals surface area contributed by atoms with Crippen molar-refractivity contribution in [3.05, 3.63) is 69.3 Å². The largest absolute Gasteiger partial charge is 0.467 e. The summed E-state index contributed by atoms with van der Waals surface area (Å²) in [4.78, 5) is 30.3. The first-order chi connectivity index (χ1) is 16.2. The Balaban J connectivity index is 1.17. The molecular weight excluding hydrogens is 464 g/mol. The molecule has 9 nitrogen and oxygen atoms in total. The normalized spacial score (nSPS) is 15.6. The summed E-state index contributed by atoms with van der Waals surface area (Å²) in [6, 6.07) is 8.97. The summed E-state index contributed by atoms with van der Waals surface area (Å²) in [5.74, 6) is 0.487. The molecule has 0 saturated carbocycles. The number of rotatable bonds is 8. The molecule has 33 heavy (non-hydrogen) atoms. The zero-order valence-electron chi connectivity index (χ0n) is 17.2. The van der Waals surface area contributed by atoms with Gasteiger partial charge in [-0.1, -0.05) is 11.2 Å². The number of esters is 1. The first-order valence-electron chi connectivity index (χ1n) is 10.1. The van der Waals surface area contributed by atoms with E-state index in [1.165, 1.54) is 16.3 Å². The van der Waals surface area contributed by atoms with Gasteiger partial charge in [0.2, 0.25) is 11.7 Å². The van der Waals surface area contributed by atoms with Crippen LogP contribution in [0.3, 0.4) is 0 Å². The monoisotopic (exact) mass is 482 g/mol. The number of furan rings is 1. The van der Waals surface area contributed by atoms with Crippen molar-refractivity contribution >= 4 is 40.3 Å². The molecule has 0 fully saturated rings. The van der Waals surface area contributed by atoms with Crippen molar-refractivity contribution in [2.75, 3.05) is 6.61 Å². The second-order valence-electron chi connectivity index (χ2n) is 7.18. The Morgan fingerprint density at radius 2 is 2.15 bits per heavy atom. The molecule has 168 valence electrons. The van der Waals surface area contributed by atoms with Gasteiger partial charge in [-0.2, -0.15) is 21.4 Å².